The molecule has 6 nitrogen and oxygen atoms in total. The highest BCUT2D eigenvalue weighted by molar-refractivity contribution is 5.92. The van der Waals surface area contributed by atoms with E-state index in [0.717, 1.165) is 12.2 Å². The molecule has 0 atom stereocenters. The van der Waals surface area contributed by atoms with Crippen molar-refractivity contribution >= 4 is 11.8 Å². The van der Waals surface area contributed by atoms with Crippen molar-refractivity contribution in [1.29, 1.82) is 0 Å². The predicted molar refractivity (Wildman–Crippen MR) is 79.1 cm³/mol. The van der Waals surface area contributed by atoms with Gasteiger partial charge in [-0.3, -0.25) is 0 Å². The maximum absolute atomic E-state index is 11.6. The van der Waals surface area contributed by atoms with E-state index in [-0.39, 0.29) is 5.69 Å². The molecule has 0 saturated heterocycles. The van der Waals surface area contributed by atoms with Gasteiger partial charge in [0.25, 0.3) is 0 Å². The minimum absolute atomic E-state index is 0.167. The molecule has 112 valence electrons. The number of nitrogens with two attached hydrogens (primary N) is 1. The van der Waals surface area contributed by atoms with Gasteiger partial charge in [0, 0.05) is 6.54 Å². The molecular formula is C15H19N3O3. The molecular weight excluding hydrogens is 270 g/mol. The highest BCUT2D eigenvalue weighted by Gasteiger charge is 2.16. The van der Waals surface area contributed by atoms with Gasteiger partial charge in [-0.15, -0.1) is 0 Å². The van der Waals surface area contributed by atoms with Crippen LogP contribution in [0.25, 0.3) is 0 Å². The van der Waals surface area contributed by atoms with E-state index in [2.05, 4.69) is 4.98 Å². The van der Waals surface area contributed by atoms with E-state index < -0.39 is 5.97 Å². The number of rotatable bonds is 7. The number of hydrogen-bond donors (Lipinski definition) is 1. The number of aromatic nitrogens is 2. The maximum Gasteiger partial charge on any atom is 0.360 e. The van der Waals surface area contributed by atoms with Crippen LogP contribution in [-0.2, 0) is 11.3 Å². The molecule has 1 heterocycles. The third-order valence-corrected chi connectivity index (χ3v) is 2.90. The quantitative estimate of drug-likeness (QED) is 0.624. The molecule has 0 aliphatic carbocycles. The van der Waals surface area contributed by atoms with Gasteiger partial charge in [-0.1, -0.05) is 18.2 Å². The van der Waals surface area contributed by atoms with Crippen LogP contribution < -0.4 is 10.5 Å². The molecule has 0 amide bonds. The van der Waals surface area contributed by atoms with Crippen LogP contribution in [0.5, 0.6) is 5.75 Å². The Hall–Kier alpha value is -2.50. The zero-order valence-electron chi connectivity index (χ0n) is 12.0. The summed E-state index contributed by atoms with van der Waals surface area (Å²) in [6.45, 7) is 3.24. The standard InChI is InChI=1S/C15H19N3O3/c1-2-20-15(19)13-14(16)18(11-17-13)9-6-10-21-12-7-4-3-5-8-12/h3-5,7-8,11H,2,6,9-10,16H2,1H3. The first kappa shape index (κ1) is 14.9. The van der Waals surface area contributed by atoms with Crippen molar-refractivity contribution in [2.75, 3.05) is 18.9 Å². The van der Waals surface area contributed by atoms with Gasteiger partial charge in [0.05, 0.1) is 19.5 Å². The zero-order chi connectivity index (χ0) is 15.1. The number of esters is 1. The van der Waals surface area contributed by atoms with E-state index in [1.807, 2.05) is 30.3 Å². The average Bonchev–Trinajstić information content (AvgIpc) is 2.86. The number of aryl methyl sites for hydroxylation is 1. The fourth-order valence-corrected chi connectivity index (χ4v) is 1.87. The van der Waals surface area contributed by atoms with Gasteiger partial charge in [0.15, 0.2) is 5.69 Å². The van der Waals surface area contributed by atoms with Gasteiger partial charge in [-0.2, -0.15) is 0 Å². The Balaban J connectivity index is 1.82. The summed E-state index contributed by atoms with van der Waals surface area (Å²) < 4.78 is 12.2. The predicted octanol–water partition coefficient (Wildman–Crippen LogP) is 2.11. The summed E-state index contributed by atoms with van der Waals surface area (Å²) in [5, 5.41) is 0. The van der Waals surface area contributed by atoms with E-state index >= 15 is 0 Å². The lowest BCUT2D eigenvalue weighted by molar-refractivity contribution is 0.0521. The molecule has 2 rings (SSSR count). The molecule has 1 aromatic heterocycles. The normalized spacial score (nSPS) is 10.3. The summed E-state index contributed by atoms with van der Waals surface area (Å²) >= 11 is 0. The third-order valence-electron chi connectivity index (χ3n) is 2.90. The molecule has 0 radical (unpaired) electrons. The number of hydrogen-bond acceptors (Lipinski definition) is 5. The molecule has 0 fully saturated rings. The van der Waals surface area contributed by atoms with E-state index in [4.69, 9.17) is 15.2 Å². The monoisotopic (exact) mass is 289 g/mol. The fraction of sp³-hybridized carbons (Fsp3) is 0.333. The molecule has 0 aliphatic heterocycles. The molecule has 2 aromatic rings. The Labute approximate surface area is 123 Å². The number of nitrogens with zero attached hydrogens (tertiary/aromatic N) is 2. The third kappa shape index (κ3) is 3.98. The van der Waals surface area contributed by atoms with Crippen molar-refractivity contribution in [2.24, 2.45) is 0 Å². The van der Waals surface area contributed by atoms with Crippen LogP contribution in [0.1, 0.15) is 23.8 Å². The Bertz CT molecular complexity index is 581. The molecule has 0 spiro atoms. The highest BCUT2D eigenvalue weighted by atomic mass is 16.5. The van der Waals surface area contributed by atoms with Gasteiger partial charge in [-0.25, -0.2) is 9.78 Å². The second-order valence-corrected chi connectivity index (χ2v) is 4.41. The van der Waals surface area contributed by atoms with Gasteiger partial charge in [0.1, 0.15) is 11.6 Å². The largest absolute Gasteiger partial charge is 0.494 e. The van der Waals surface area contributed by atoms with Crippen molar-refractivity contribution in [3.63, 3.8) is 0 Å². The van der Waals surface area contributed by atoms with Gasteiger partial charge >= 0.3 is 5.97 Å². The molecule has 0 bridgehead atoms. The first-order valence-electron chi connectivity index (χ1n) is 6.88. The van der Waals surface area contributed by atoms with E-state index in [1.54, 1.807) is 17.8 Å². The minimum Gasteiger partial charge on any atom is -0.494 e. The second-order valence-electron chi connectivity index (χ2n) is 4.41. The minimum atomic E-state index is -0.491. The Morgan fingerprint density at radius 3 is 2.81 bits per heavy atom. The summed E-state index contributed by atoms with van der Waals surface area (Å²) in [6, 6.07) is 9.61. The van der Waals surface area contributed by atoms with Gasteiger partial charge in [0.2, 0.25) is 0 Å². The van der Waals surface area contributed by atoms with E-state index in [0.29, 0.717) is 25.6 Å². The van der Waals surface area contributed by atoms with Crippen LogP contribution in [0.15, 0.2) is 36.7 Å². The zero-order valence-corrected chi connectivity index (χ0v) is 12.0. The molecule has 6 heteroatoms. The molecule has 1 aromatic carbocycles. The lowest BCUT2D eigenvalue weighted by Gasteiger charge is -2.07. The summed E-state index contributed by atoms with van der Waals surface area (Å²) in [5.74, 6) is 0.672. The van der Waals surface area contributed by atoms with Crippen molar-refractivity contribution in [2.45, 2.75) is 19.9 Å². The number of ether oxygens (including phenoxy) is 2. The summed E-state index contributed by atoms with van der Waals surface area (Å²) in [4.78, 5) is 15.6. The second kappa shape index (κ2) is 7.33. The number of para-hydroxylation sites is 1. The van der Waals surface area contributed by atoms with Crippen LogP contribution in [0.3, 0.4) is 0 Å². The Kier molecular flexibility index (Phi) is 5.20. The van der Waals surface area contributed by atoms with E-state index in [1.165, 1.54) is 0 Å². The maximum atomic E-state index is 11.6. The Morgan fingerprint density at radius 2 is 2.10 bits per heavy atom. The molecule has 2 N–H and O–H groups in total. The van der Waals surface area contributed by atoms with Crippen LogP contribution in [-0.4, -0.2) is 28.7 Å². The van der Waals surface area contributed by atoms with Crippen LogP contribution in [0.4, 0.5) is 5.82 Å². The molecule has 0 saturated carbocycles. The topological polar surface area (TPSA) is 79.4 Å². The van der Waals surface area contributed by atoms with Crippen LogP contribution >= 0.6 is 0 Å². The lowest BCUT2D eigenvalue weighted by atomic mass is 10.3. The van der Waals surface area contributed by atoms with Crippen molar-refractivity contribution < 1.29 is 14.3 Å². The first-order valence-corrected chi connectivity index (χ1v) is 6.88. The van der Waals surface area contributed by atoms with Crippen molar-refractivity contribution in [3.8, 4) is 5.75 Å². The summed E-state index contributed by atoms with van der Waals surface area (Å²) in [5.41, 5.74) is 6.05. The smallest absolute Gasteiger partial charge is 0.360 e. The lowest BCUT2D eigenvalue weighted by Crippen LogP contribution is -2.11. The first-order chi connectivity index (χ1) is 10.2. The van der Waals surface area contributed by atoms with Crippen LogP contribution in [0.2, 0.25) is 0 Å². The molecule has 21 heavy (non-hydrogen) atoms. The van der Waals surface area contributed by atoms with Crippen LogP contribution in [0, 0.1) is 0 Å². The number of carbonyl (C=O) groups excluding carboxylic acids is 1. The SMILES string of the molecule is CCOC(=O)c1ncn(CCCOc2ccccc2)c1N. The number of benzene rings is 1. The number of anilines is 1. The number of nitrogen functional groups attached to an aromatic ring is 1. The average molecular weight is 289 g/mol. The van der Waals surface area contributed by atoms with Gasteiger partial charge < -0.3 is 19.8 Å². The van der Waals surface area contributed by atoms with Gasteiger partial charge in [-0.05, 0) is 25.5 Å². The van der Waals surface area contributed by atoms with E-state index in [9.17, 15) is 4.79 Å². The summed E-state index contributed by atoms with van der Waals surface area (Å²) in [6.07, 6.45) is 2.31. The Morgan fingerprint density at radius 1 is 1.33 bits per heavy atom. The molecule has 0 aliphatic rings. The highest BCUT2D eigenvalue weighted by Crippen LogP contribution is 2.13. The number of carbonyl (C=O) groups is 1. The van der Waals surface area contributed by atoms with Crippen molar-refractivity contribution in [1.82, 2.24) is 9.55 Å². The summed E-state index contributed by atoms with van der Waals surface area (Å²) in [7, 11) is 0. The fourth-order valence-electron chi connectivity index (χ4n) is 1.87. The molecule has 0 unspecified atom stereocenters. The van der Waals surface area contributed by atoms with Crippen molar-refractivity contribution in [3.05, 3.63) is 42.4 Å². The number of imidazole rings is 1.